The van der Waals surface area contributed by atoms with Crippen molar-refractivity contribution in [2.24, 2.45) is 0 Å². The molecule has 0 amide bonds. The van der Waals surface area contributed by atoms with E-state index in [1.54, 1.807) is 11.8 Å². The van der Waals surface area contributed by atoms with E-state index in [9.17, 15) is 4.79 Å². The van der Waals surface area contributed by atoms with Crippen LogP contribution in [0.3, 0.4) is 0 Å². The van der Waals surface area contributed by atoms with Gasteiger partial charge in [0.1, 0.15) is 0 Å². The molecule has 1 aromatic carbocycles. The van der Waals surface area contributed by atoms with Gasteiger partial charge < -0.3 is 0 Å². The van der Waals surface area contributed by atoms with E-state index in [1.165, 1.54) is 10.8 Å². The maximum atomic E-state index is 11.1. The predicted molar refractivity (Wildman–Crippen MR) is 68.2 cm³/mol. The molecule has 0 bridgehead atoms. The van der Waals surface area contributed by atoms with Gasteiger partial charge in [0.2, 0.25) is 0 Å². The van der Waals surface area contributed by atoms with Crippen molar-refractivity contribution in [2.75, 3.05) is 0 Å². The maximum absolute atomic E-state index is 11.1. The molecular formula is C14H10OS. The smallest absolute Gasteiger partial charge is 0.157 e. The topological polar surface area (TPSA) is 17.1 Å². The zero-order chi connectivity index (χ0) is 11.0. The number of rotatable bonds is 1. The third-order valence-corrected chi connectivity index (χ3v) is 4.08. The number of hydrogen-bond donors (Lipinski definition) is 0. The van der Waals surface area contributed by atoms with Gasteiger partial charge in [-0.25, -0.2) is 0 Å². The highest BCUT2D eigenvalue weighted by atomic mass is 32.2. The average Bonchev–Trinajstić information content (AvgIpc) is 2.38. The van der Waals surface area contributed by atoms with E-state index in [2.05, 4.69) is 24.3 Å². The van der Waals surface area contributed by atoms with Crippen LogP contribution in [0, 0.1) is 0 Å². The van der Waals surface area contributed by atoms with Crippen LogP contribution in [0.4, 0.5) is 0 Å². The Morgan fingerprint density at radius 2 is 1.94 bits per heavy atom. The van der Waals surface area contributed by atoms with E-state index in [1.807, 2.05) is 24.3 Å². The van der Waals surface area contributed by atoms with Crippen molar-refractivity contribution in [3.8, 4) is 0 Å². The minimum Gasteiger partial charge on any atom is -0.297 e. The molecule has 0 spiro atoms. The van der Waals surface area contributed by atoms with Crippen LogP contribution in [0.2, 0.25) is 0 Å². The average molecular weight is 226 g/mol. The van der Waals surface area contributed by atoms with Crippen LogP contribution in [0.15, 0.2) is 48.6 Å². The summed E-state index contributed by atoms with van der Waals surface area (Å²) in [7, 11) is 0. The van der Waals surface area contributed by atoms with E-state index in [4.69, 9.17) is 0 Å². The highest BCUT2D eigenvalue weighted by molar-refractivity contribution is 8.10. The molecule has 0 saturated heterocycles. The van der Waals surface area contributed by atoms with Gasteiger partial charge in [0.15, 0.2) is 6.29 Å². The molecule has 1 nitrogen and oxygen atoms in total. The normalized spacial score (nSPS) is 21.6. The van der Waals surface area contributed by atoms with Crippen LogP contribution in [-0.2, 0) is 4.79 Å². The number of hydrogen-bond acceptors (Lipinski definition) is 2. The summed E-state index contributed by atoms with van der Waals surface area (Å²) >= 11 is 1.63. The monoisotopic (exact) mass is 226 g/mol. The summed E-state index contributed by atoms with van der Waals surface area (Å²) < 4.78 is 0. The van der Waals surface area contributed by atoms with Crippen LogP contribution < -0.4 is 10.4 Å². The highest BCUT2D eigenvalue weighted by Crippen LogP contribution is 2.31. The molecule has 0 aromatic heterocycles. The Hall–Kier alpha value is -1.54. The first-order chi connectivity index (χ1) is 7.90. The molecule has 1 unspecified atom stereocenters. The maximum Gasteiger partial charge on any atom is 0.157 e. The van der Waals surface area contributed by atoms with Gasteiger partial charge in [-0.2, -0.15) is 0 Å². The van der Waals surface area contributed by atoms with Gasteiger partial charge >= 0.3 is 0 Å². The Labute approximate surface area is 97.9 Å². The first-order valence-corrected chi connectivity index (χ1v) is 6.08. The van der Waals surface area contributed by atoms with Gasteiger partial charge in [-0.05, 0) is 16.0 Å². The van der Waals surface area contributed by atoms with Crippen LogP contribution in [0.5, 0.6) is 0 Å². The Bertz CT molecular complexity index is 622. The lowest BCUT2D eigenvalue weighted by molar-refractivity contribution is -0.103. The van der Waals surface area contributed by atoms with Crippen molar-refractivity contribution in [2.45, 2.75) is 5.25 Å². The molecule has 0 N–H and O–H groups in total. The Morgan fingerprint density at radius 3 is 2.75 bits per heavy atom. The number of fused-ring (bicyclic) bond motifs is 2. The van der Waals surface area contributed by atoms with Gasteiger partial charge in [-0.15, -0.1) is 11.8 Å². The number of aldehydes is 1. The molecule has 2 heteroatoms. The summed E-state index contributed by atoms with van der Waals surface area (Å²) in [6.45, 7) is 0. The van der Waals surface area contributed by atoms with Crippen LogP contribution >= 0.6 is 11.8 Å². The second kappa shape index (κ2) is 3.80. The lowest BCUT2D eigenvalue weighted by Crippen LogP contribution is -2.34. The Kier molecular flexibility index (Phi) is 2.29. The second-order valence-electron chi connectivity index (χ2n) is 3.77. The van der Waals surface area contributed by atoms with Crippen molar-refractivity contribution < 1.29 is 4.79 Å². The molecule has 1 aliphatic carbocycles. The van der Waals surface area contributed by atoms with Crippen molar-refractivity contribution in [1.82, 2.24) is 0 Å². The summed E-state index contributed by atoms with van der Waals surface area (Å²) in [6.07, 6.45) is 9.33. The fourth-order valence-corrected chi connectivity index (χ4v) is 3.25. The van der Waals surface area contributed by atoms with Crippen LogP contribution in [0.25, 0.3) is 10.5 Å². The summed E-state index contributed by atoms with van der Waals surface area (Å²) in [4.78, 5) is 11.9. The van der Waals surface area contributed by atoms with Crippen LogP contribution in [0.1, 0.15) is 0 Å². The molecule has 16 heavy (non-hydrogen) atoms. The number of thioether (sulfide) groups is 1. The molecule has 1 heterocycles. The second-order valence-corrected chi connectivity index (χ2v) is 4.95. The summed E-state index contributed by atoms with van der Waals surface area (Å²) in [5.41, 5.74) is 1.30. The standard InChI is InChI=1S/C14H10OS/c15-9-14-12-7-2-1-5-10(12)11-6-3-4-8-13(11)16-14/h1-9,13H. The number of carbonyl (C=O) groups excluding carboxylic acids is 1. The third-order valence-electron chi connectivity index (χ3n) is 2.84. The fourth-order valence-electron chi connectivity index (χ4n) is 2.11. The zero-order valence-corrected chi connectivity index (χ0v) is 9.41. The molecule has 1 aliphatic heterocycles. The number of allylic oxidation sites excluding steroid dienone is 3. The lowest BCUT2D eigenvalue weighted by Gasteiger charge is -2.20. The van der Waals surface area contributed by atoms with E-state index in [0.717, 1.165) is 16.4 Å². The van der Waals surface area contributed by atoms with Gasteiger partial charge in [-0.3, -0.25) is 4.79 Å². The van der Waals surface area contributed by atoms with E-state index >= 15 is 0 Å². The summed E-state index contributed by atoms with van der Waals surface area (Å²) in [5.74, 6) is 0. The van der Waals surface area contributed by atoms with Crippen molar-refractivity contribution in [3.63, 3.8) is 0 Å². The third kappa shape index (κ3) is 1.38. The molecule has 0 fully saturated rings. The van der Waals surface area contributed by atoms with E-state index in [0.29, 0.717) is 5.25 Å². The SMILES string of the molecule is O=CC1=c2ccccc2=C2C=CC=CC2S1. The molecule has 1 aromatic rings. The van der Waals surface area contributed by atoms with Crippen molar-refractivity contribution in [3.05, 3.63) is 59.0 Å². The van der Waals surface area contributed by atoms with Gasteiger partial charge in [-0.1, -0.05) is 48.6 Å². The lowest BCUT2D eigenvalue weighted by atomic mass is 10.0. The Morgan fingerprint density at radius 1 is 1.12 bits per heavy atom. The fraction of sp³-hybridized carbons (Fsp3) is 0.0714. The molecule has 1 atom stereocenters. The predicted octanol–water partition coefficient (Wildman–Crippen LogP) is 1.39. The van der Waals surface area contributed by atoms with E-state index < -0.39 is 0 Å². The molecule has 78 valence electrons. The van der Waals surface area contributed by atoms with Crippen LogP contribution in [-0.4, -0.2) is 11.5 Å². The van der Waals surface area contributed by atoms with E-state index in [-0.39, 0.29) is 0 Å². The highest BCUT2D eigenvalue weighted by Gasteiger charge is 2.19. The van der Waals surface area contributed by atoms with Crippen molar-refractivity contribution >= 4 is 28.5 Å². The van der Waals surface area contributed by atoms with Gasteiger partial charge in [0.05, 0.1) is 10.2 Å². The largest absolute Gasteiger partial charge is 0.297 e. The van der Waals surface area contributed by atoms with Crippen molar-refractivity contribution in [1.29, 1.82) is 0 Å². The molecule has 2 aliphatic rings. The summed E-state index contributed by atoms with van der Waals surface area (Å²) in [5, 5.41) is 2.54. The quantitative estimate of drug-likeness (QED) is 0.673. The zero-order valence-electron chi connectivity index (χ0n) is 8.59. The number of benzene rings is 1. The summed E-state index contributed by atoms with van der Waals surface area (Å²) in [6, 6.07) is 8.10. The van der Waals surface area contributed by atoms with Gasteiger partial charge in [0, 0.05) is 0 Å². The first kappa shape index (κ1) is 9.67. The minimum absolute atomic E-state index is 0.292. The minimum atomic E-state index is 0.292. The molecule has 0 radical (unpaired) electrons. The molecule has 3 rings (SSSR count). The number of carbonyl (C=O) groups is 1. The molecule has 0 saturated carbocycles. The molecular weight excluding hydrogens is 216 g/mol. The Balaban J connectivity index is 2.45. The first-order valence-electron chi connectivity index (χ1n) is 5.20. The van der Waals surface area contributed by atoms with Gasteiger partial charge in [0.25, 0.3) is 0 Å².